The molecule has 0 aromatic heterocycles. The maximum atomic E-state index is 11.4. The van der Waals surface area contributed by atoms with Gasteiger partial charge in [0.25, 0.3) is 0 Å². The van der Waals surface area contributed by atoms with Crippen LogP contribution in [0.25, 0.3) is 0 Å². The first-order valence-electron chi connectivity index (χ1n) is 4.95. The van der Waals surface area contributed by atoms with E-state index in [1.807, 2.05) is 20.8 Å². The van der Waals surface area contributed by atoms with Crippen LogP contribution in [0.5, 0.6) is 0 Å². The Labute approximate surface area is 90.2 Å². The Morgan fingerprint density at radius 2 is 1.67 bits per heavy atom. The minimum absolute atomic E-state index is 0.145. The molecule has 0 rings (SSSR count). The van der Waals surface area contributed by atoms with Crippen molar-refractivity contribution in [2.75, 3.05) is 0 Å². The fourth-order valence-electron chi connectivity index (χ4n) is 1.03. The standard InChI is InChI=1S/C10H20N2O3/c1-6(2)7(8(13)14)11-9(15)12-10(3,4)5/h6-7H,1-5H3,(H,13,14)(H2,11,12,15). The fourth-order valence-corrected chi connectivity index (χ4v) is 1.03. The molecule has 0 aromatic carbocycles. The van der Waals surface area contributed by atoms with Crippen LogP contribution in [0.1, 0.15) is 34.6 Å². The van der Waals surface area contributed by atoms with Crippen LogP contribution in [-0.4, -0.2) is 28.7 Å². The van der Waals surface area contributed by atoms with Crippen LogP contribution >= 0.6 is 0 Å². The molecule has 0 heterocycles. The molecule has 15 heavy (non-hydrogen) atoms. The molecule has 0 aliphatic heterocycles. The van der Waals surface area contributed by atoms with Gasteiger partial charge in [-0.3, -0.25) is 0 Å². The van der Waals surface area contributed by atoms with Gasteiger partial charge < -0.3 is 15.7 Å². The molecule has 3 N–H and O–H groups in total. The molecule has 5 nitrogen and oxygen atoms in total. The molecular weight excluding hydrogens is 196 g/mol. The second-order valence-electron chi connectivity index (χ2n) is 4.91. The summed E-state index contributed by atoms with van der Waals surface area (Å²) in [4.78, 5) is 22.2. The monoisotopic (exact) mass is 216 g/mol. The van der Waals surface area contributed by atoms with E-state index < -0.39 is 18.0 Å². The highest BCUT2D eigenvalue weighted by atomic mass is 16.4. The van der Waals surface area contributed by atoms with Crippen molar-refractivity contribution in [3.8, 4) is 0 Å². The third-order valence-electron chi connectivity index (χ3n) is 1.71. The Balaban J connectivity index is 4.31. The van der Waals surface area contributed by atoms with Crippen LogP contribution in [0.15, 0.2) is 0 Å². The van der Waals surface area contributed by atoms with Crippen molar-refractivity contribution >= 4 is 12.0 Å². The van der Waals surface area contributed by atoms with Gasteiger partial charge in [-0.1, -0.05) is 13.8 Å². The molecule has 2 amide bonds. The van der Waals surface area contributed by atoms with Gasteiger partial charge in [-0.05, 0) is 26.7 Å². The second-order valence-corrected chi connectivity index (χ2v) is 4.91. The number of rotatable bonds is 3. The smallest absolute Gasteiger partial charge is 0.326 e. The van der Waals surface area contributed by atoms with Crippen LogP contribution in [-0.2, 0) is 4.79 Å². The third-order valence-corrected chi connectivity index (χ3v) is 1.71. The number of amides is 2. The van der Waals surface area contributed by atoms with E-state index in [1.165, 1.54) is 0 Å². The van der Waals surface area contributed by atoms with E-state index in [1.54, 1.807) is 13.8 Å². The number of nitrogens with one attached hydrogen (secondary N) is 2. The summed E-state index contributed by atoms with van der Waals surface area (Å²) >= 11 is 0. The number of urea groups is 1. The molecule has 1 atom stereocenters. The van der Waals surface area contributed by atoms with Crippen molar-refractivity contribution in [2.24, 2.45) is 5.92 Å². The summed E-state index contributed by atoms with van der Waals surface area (Å²) in [6.45, 7) is 8.99. The van der Waals surface area contributed by atoms with Crippen molar-refractivity contribution in [1.82, 2.24) is 10.6 Å². The Hall–Kier alpha value is -1.26. The summed E-state index contributed by atoms with van der Waals surface area (Å²) in [7, 11) is 0. The van der Waals surface area contributed by atoms with E-state index >= 15 is 0 Å². The second kappa shape index (κ2) is 5.00. The molecular formula is C10H20N2O3. The van der Waals surface area contributed by atoms with E-state index in [9.17, 15) is 9.59 Å². The zero-order valence-electron chi connectivity index (χ0n) is 9.92. The molecule has 0 radical (unpaired) electrons. The van der Waals surface area contributed by atoms with Gasteiger partial charge in [-0.2, -0.15) is 0 Å². The summed E-state index contributed by atoms with van der Waals surface area (Å²) < 4.78 is 0. The largest absolute Gasteiger partial charge is 0.480 e. The molecule has 0 saturated heterocycles. The molecule has 0 aliphatic carbocycles. The molecule has 0 aliphatic rings. The van der Waals surface area contributed by atoms with E-state index in [-0.39, 0.29) is 11.5 Å². The predicted molar refractivity (Wildman–Crippen MR) is 57.7 cm³/mol. The average molecular weight is 216 g/mol. The van der Waals surface area contributed by atoms with Gasteiger partial charge in [-0.25, -0.2) is 9.59 Å². The lowest BCUT2D eigenvalue weighted by molar-refractivity contribution is -0.140. The summed E-state index contributed by atoms with van der Waals surface area (Å²) in [5.41, 5.74) is -0.371. The molecule has 0 saturated carbocycles. The average Bonchev–Trinajstić information content (AvgIpc) is 1.95. The number of carbonyl (C=O) groups is 2. The molecule has 0 bridgehead atoms. The number of hydrogen-bond donors (Lipinski definition) is 3. The maximum Gasteiger partial charge on any atom is 0.326 e. The van der Waals surface area contributed by atoms with Crippen molar-refractivity contribution < 1.29 is 14.7 Å². The molecule has 88 valence electrons. The van der Waals surface area contributed by atoms with E-state index in [2.05, 4.69) is 10.6 Å². The van der Waals surface area contributed by atoms with Gasteiger partial charge in [-0.15, -0.1) is 0 Å². The number of carboxylic acids is 1. The summed E-state index contributed by atoms with van der Waals surface area (Å²) in [6, 6.07) is -1.31. The Kier molecular flexibility index (Phi) is 4.58. The zero-order chi connectivity index (χ0) is 12.2. The molecule has 5 heteroatoms. The van der Waals surface area contributed by atoms with Crippen LogP contribution in [0.4, 0.5) is 4.79 Å². The van der Waals surface area contributed by atoms with Gasteiger partial charge in [0.1, 0.15) is 6.04 Å². The van der Waals surface area contributed by atoms with Gasteiger partial charge in [0.15, 0.2) is 0 Å². The van der Waals surface area contributed by atoms with Crippen molar-refractivity contribution in [3.05, 3.63) is 0 Å². The number of carboxylic acid groups (broad SMARTS) is 1. The van der Waals surface area contributed by atoms with E-state index in [4.69, 9.17) is 5.11 Å². The normalized spacial score (nSPS) is 13.5. The predicted octanol–water partition coefficient (Wildman–Crippen LogP) is 1.19. The highest BCUT2D eigenvalue weighted by Gasteiger charge is 2.24. The quantitative estimate of drug-likeness (QED) is 0.663. The van der Waals surface area contributed by atoms with Crippen molar-refractivity contribution in [1.29, 1.82) is 0 Å². The lowest BCUT2D eigenvalue weighted by Gasteiger charge is -2.24. The Morgan fingerprint density at radius 3 is 1.93 bits per heavy atom. The van der Waals surface area contributed by atoms with Gasteiger partial charge in [0, 0.05) is 5.54 Å². The maximum absolute atomic E-state index is 11.4. The van der Waals surface area contributed by atoms with Crippen LogP contribution in [0.3, 0.4) is 0 Å². The molecule has 1 unspecified atom stereocenters. The first-order valence-corrected chi connectivity index (χ1v) is 4.95. The highest BCUT2D eigenvalue weighted by molar-refractivity contribution is 5.82. The summed E-state index contributed by atoms with van der Waals surface area (Å²) in [5.74, 6) is -1.16. The third kappa shape index (κ3) is 5.93. The van der Waals surface area contributed by atoms with Crippen LogP contribution in [0, 0.1) is 5.92 Å². The minimum Gasteiger partial charge on any atom is -0.480 e. The number of hydrogen-bond acceptors (Lipinski definition) is 2. The van der Waals surface area contributed by atoms with Crippen LogP contribution in [0.2, 0.25) is 0 Å². The highest BCUT2D eigenvalue weighted by Crippen LogP contribution is 2.03. The SMILES string of the molecule is CC(C)C(NC(=O)NC(C)(C)C)C(=O)O. The summed E-state index contributed by atoms with van der Waals surface area (Å²) in [6.07, 6.45) is 0. The lowest BCUT2D eigenvalue weighted by atomic mass is 10.1. The molecule has 0 spiro atoms. The fraction of sp³-hybridized carbons (Fsp3) is 0.800. The zero-order valence-corrected chi connectivity index (χ0v) is 9.92. The molecule has 0 fully saturated rings. The lowest BCUT2D eigenvalue weighted by Crippen LogP contribution is -2.53. The first-order chi connectivity index (χ1) is 6.63. The van der Waals surface area contributed by atoms with Crippen molar-refractivity contribution in [3.63, 3.8) is 0 Å². The first kappa shape index (κ1) is 13.7. The number of carbonyl (C=O) groups excluding carboxylic acids is 1. The van der Waals surface area contributed by atoms with E-state index in [0.29, 0.717) is 0 Å². The summed E-state index contributed by atoms with van der Waals surface area (Å²) in [5, 5.41) is 13.9. The molecule has 0 aromatic rings. The van der Waals surface area contributed by atoms with Gasteiger partial charge in [0.2, 0.25) is 0 Å². The van der Waals surface area contributed by atoms with Crippen molar-refractivity contribution in [2.45, 2.75) is 46.2 Å². The minimum atomic E-state index is -1.02. The Bertz CT molecular complexity index is 244. The van der Waals surface area contributed by atoms with E-state index in [0.717, 1.165) is 0 Å². The van der Waals surface area contributed by atoms with Gasteiger partial charge in [0.05, 0.1) is 0 Å². The van der Waals surface area contributed by atoms with Gasteiger partial charge >= 0.3 is 12.0 Å². The topological polar surface area (TPSA) is 78.4 Å². The Morgan fingerprint density at radius 1 is 1.20 bits per heavy atom. The number of aliphatic carboxylic acids is 1. The van der Waals surface area contributed by atoms with Crippen LogP contribution < -0.4 is 10.6 Å².